The van der Waals surface area contributed by atoms with Gasteiger partial charge in [0.2, 0.25) is 0 Å². The molecule has 6 nitrogen and oxygen atoms in total. The Kier molecular flexibility index (Phi) is 4.25. The summed E-state index contributed by atoms with van der Waals surface area (Å²) in [5, 5.41) is 7.16. The van der Waals surface area contributed by atoms with Crippen LogP contribution in [0.4, 0.5) is 0 Å². The number of aromatic nitrogens is 3. The SMILES string of the molecule is COc1ccc(-c2n[nH]c(C(N)c3ccccc3)n2)cc1OC. The fourth-order valence-electron chi connectivity index (χ4n) is 2.34. The monoisotopic (exact) mass is 310 g/mol. The van der Waals surface area contributed by atoms with Crippen LogP contribution in [0, 0.1) is 0 Å². The van der Waals surface area contributed by atoms with Gasteiger partial charge in [0.15, 0.2) is 17.3 Å². The molecule has 1 heterocycles. The molecule has 1 atom stereocenters. The summed E-state index contributed by atoms with van der Waals surface area (Å²) < 4.78 is 10.5. The lowest BCUT2D eigenvalue weighted by atomic mass is 10.1. The fourth-order valence-corrected chi connectivity index (χ4v) is 2.34. The summed E-state index contributed by atoms with van der Waals surface area (Å²) in [4.78, 5) is 4.50. The number of nitrogens with one attached hydrogen (secondary N) is 1. The zero-order chi connectivity index (χ0) is 16.2. The van der Waals surface area contributed by atoms with Crippen LogP contribution in [0.1, 0.15) is 17.4 Å². The van der Waals surface area contributed by atoms with E-state index < -0.39 is 0 Å². The van der Waals surface area contributed by atoms with Crippen molar-refractivity contribution in [2.24, 2.45) is 5.73 Å². The Hall–Kier alpha value is -2.86. The van der Waals surface area contributed by atoms with Crippen molar-refractivity contribution in [3.8, 4) is 22.9 Å². The molecular formula is C17H18N4O2. The highest BCUT2D eigenvalue weighted by molar-refractivity contribution is 5.61. The number of hydrogen-bond acceptors (Lipinski definition) is 5. The normalized spacial score (nSPS) is 12.0. The zero-order valence-electron chi connectivity index (χ0n) is 13.0. The number of methoxy groups -OCH3 is 2. The number of rotatable bonds is 5. The number of aromatic amines is 1. The molecular weight excluding hydrogens is 292 g/mol. The molecule has 0 aliphatic rings. The third kappa shape index (κ3) is 3.02. The van der Waals surface area contributed by atoms with Crippen molar-refractivity contribution in [3.05, 3.63) is 59.9 Å². The van der Waals surface area contributed by atoms with E-state index in [1.807, 2.05) is 48.5 Å². The molecule has 0 saturated carbocycles. The van der Waals surface area contributed by atoms with Gasteiger partial charge < -0.3 is 15.2 Å². The van der Waals surface area contributed by atoms with Crippen molar-refractivity contribution in [3.63, 3.8) is 0 Å². The van der Waals surface area contributed by atoms with E-state index in [2.05, 4.69) is 15.2 Å². The standard InChI is InChI=1S/C17H18N4O2/c1-22-13-9-8-12(10-14(13)23-2)16-19-17(21-20-16)15(18)11-6-4-3-5-7-11/h3-10,15H,18H2,1-2H3,(H,19,20,21). The molecule has 1 aromatic heterocycles. The Morgan fingerprint density at radius 3 is 2.43 bits per heavy atom. The van der Waals surface area contributed by atoms with Gasteiger partial charge in [-0.25, -0.2) is 4.98 Å². The van der Waals surface area contributed by atoms with Crippen LogP contribution in [0.25, 0.3) is 11.4 Å². The van der Waals surface area contributed by atoms with E-state index >= 15 is 0 Å². The van der Waals surface area contributed by atoms with Crippen molar-refractivity contribution < 1.29 is 9.47 Å². The molecule has 118 valence electrons. The van der Waals surface area contributed by atoms with E-state index in [1.54, 1.807) is 14.2 Å². The fraction of sp³-hybridized carbons (Fsp3) is 0.176. The third-order valence-electron chi connectivity index (χ3n) is 3.60. The maximum absolute atomic E-state index is 6.23. The Bertz CT molecular complexity index is 786. The van der Waals surface area contributed by atoms with Crippen LogP contribution in [0.3, 0.4) is 0 Å². The minimum atomic E-state index is -0.349. The third-order valence-corrected chi connectivity index (χ3v) is 3.60. The van der Waals surface area contributed by atoms with E-state index in [0.29, 0.717) is 23.1 Å². The maximum Gasteiger partial charge on any atom is 0.181 e. The number of ether oxygens (including phenoxy) is 2. The first-order chi connectivity index (χ1) is 11.2. The van der Waals surface area contributed by atoms with Gasteiger partial charge in [0, 0.05) is 5.56 Å². The number of hydrogen-bond donors (Lipinski definition) is 2. The number of nitrogens with zero attached hydrogens (tertiary/aromatic N) is 2. The Balaban J connectivity index is 1.90. The molecule has 3 N–H and O–H groups in total. The summed E-state index contributed by atoms with van der Waals surface area (Å²) in [6.07, 6.45) is 0. The zero-order valence-corrected chi connectivity index (χ0v) is 13.0. The van der Waals surface area contributed by atoms with Crippen molar-refractivity contribution in [1.29, 1.82) is 0 Å². The van der Waals surface area contributed by atoms with Crippen LogP contribution in [0.2, 0.25) is 0 Å². The van der Waals surface area contributed by atoms with Gasteiger partial charge in [-0.1, -0.05) is 30.3 Å². The smallest absolute Gasteiger partial charge is 0.181 e. The van der Waals surface area contributed by atoms with E-state index in [0.717, 1.165) is 11.1 Å². The minimum absolute atomic E-state index is 0.349. The first-order valence-corrected chi connectivity index (χ1v) is 7.18. The Labute approximate surface area is 134 Å². The number of H-pyrrole nitrogens is 1. The molecule has 0 saturated heterocycles. The lowest BCUT2D eigenvalue weighted by molar-refractivity contribution is 0.355. The molecule has 0 aliphatic carbocycles. The summed E-state index contributed by atoms with van der Waals surface area (Å²) in [7, 11) is 3.19. The Morgan fingerprint density at radius 2 is 1.74 bits per heavy atom. The van der Waals surface area contributed by atoms with E-state index in [9.17, 15) is 0 Å². The van der Waals surface area contributed by atoms with Crippen molar-refractivity contribution in [2.45, 2.75) is 6.04 Å². The molecule has 0 bridgehead atoms. The second kappa shape index (κ2) is 6.50. The van der Waals surface area contributed by atoms with Gasteiger partial charge in [0.1, 0.15) is 5.82 Å². The molecule has 0 aliphatic heterocycles. The van der Waals surface area contributed by atoms with Crippen LogP contribution in [-0.4, -0.2) is 29.4 Å². The average Bonchev–Trinajstić information content (AvgIpc) is 3.11. The molecule has 6 heteroatoms. The van der Waals surface area contributed by atoms with Crippen molar-refractivity contribution >= 4 is 0 Å². The molecule has 3 rings (SSSR count). The van der Waals surface area contributed by atoms with E-state index in [4.69, 9.17) is 15.2 Å². The van der Waals surface area contributed by atoms with Gasteiger partial charge in [-0.05, 0) is 23.8 Å². The van der Waals surface area contributed by atoms with Gasteiger partial charge in [-0.2, -0.15) is 5.10 Å². The number of nitrogens with two attached hydrogens (primary N) is 1. The largest absolute Gasteiger partial charge is 0.493 e. The molecule has 0 radical (unpaired) electrons. The van der Waals surface area contributed by atoms with Crippen LogP contribution < -0.4 is 15.2 Å². The summed E-state index contributed by atoms with van der Waals surface area (Å²) in [5.74, 6) is 2.46. The molecule has 2 aromatic carbocycles. The first-order valence-electron chi connectivity index (χ1n) is 7.18. The van der Waals surface area contributed by atoms with Gasteiger partial charge in [-0.15, -0.1) is 0 Å². The topological polar surface area (TPSA) is 86.0 Å². The van der Waals surface area contributed by atoms with Gasteiger partial charge in [0.05, 0.1) is 20.3 Å². The maximum atomic E-state index is 6.23. The quantitative estimate of drug-likeness (QED) is 0.756. The number of benzene rings is 2. The van der Waals surface area contributed by atoms with Gasteiger partial charge in [-0.3, -0.25) is 5.10 Å². The predicted octanol–water partition coefficient (Wildman–Crippen LogP) is 2.54. The van der Waals surface area contributed by atoms with Crippen LogP contribution in [0.15, 0.2) is 48.5 Å². The van der Waals surface area contributed by atoms with Crippen molar-refractivity contribution in [2.75, 3.05) is 14.2 Å². The predicted molar refractivity (Wildman–Crippen MR) is 87.4 cm³/mol. The Morgan fingerprint density at radius 1 is 1.00 bits per heavy atom. The minimum Gasteiger partial charge on any atom is -0.493 e. The lowest BCUT2D eigenvalue weighted by Crippen LogP contribution is -2.13. The summed E-state index contributed by atoms with van der Waals surface area (Å²) in [6, 6.07) is 14.9. The van der Waals surface area contributed by atoms with Gasteiger partial charge in [0.25, 0.3) is 0 Å². The van der Waals surface area contributed by atoms with E-state index in [-0.39, 0.29) is 6.04 Å². The van der Waals surface area contributed by atoms with Gasteiger partial charge >= 0.3 is 0 Å². The van der Waals surface area contributed by atoms with Crippen LogP contribution in [-0.2, 0) is 0 Å². The average molecular weight is 310 g/mol. The second-order valence-electron chi connectivity index (χ2n) is 5.00. The summed E-state index contributed by atoms with van der Waals surface area (Å²) in [5.41, 5.74) is 8.03. The molecule has 3 aromatic rings. The highest BCUT2D eigenvalue weighted by atomic mass is 16.5. The van der Waals surface area contributed by atoms with Crippen molar-refractivity contribution in [1.82, 2.24) is 15.2 Å². The van der Waals surface area contributed by atoms with Crippen LogP contribution in [0.5, 0.6) is 11.5 Å². The summed E-state index contributed by atoms with van der Waals surface area (Å²) >= 11 is 0. The van der Waals surface area contributed by atoms with E-state index in [1.165, 1.54) is 0 Å². The first kappa shape index (κ1) is 15.1. The molecule has 23 heavy (non-hydrogen) atoms. The summed E-state index contributed by atoms with van der Waals surface area (Å²) in [6.45, 7) is 0. The highest BCUT2D eigenvalue weighted by Gasteiger charge is 2.15. The molecule has 0 amide bonds. The lowest BCUT2D eigenvalue weighted by Gasteiger charge is -2.08. The highest BCUT2D eigenvalue weighted by Crippen LogP contribution is 2.31. The molecule has 1 unspecified atom stereocenters. The molecule has 0 fully saturated rings. The van der Waals surface area contributed by atoms with Crippen LogP contribution >= 0.6 is 0 Å². The molecule has 0 spiro atoms. The second-order valence-corrected chi connectivity index (χ2v) is 5.00.